The molecule has 0 aliphatic carbocycles. The molecule has 1 aliphatic heterocycles. The Kier molecular flexibility index (Phi) is 4.83. The fourth-order valence-corrected chi connectivity index (χ4v) is 2.91. The molecule has 0 spiro atoms. The Morgan fingerprint density at radius 3 is 3.04 bits per heavy atom. The summed E-state index contributed by atoms with van der Waals surface area (Å²) in [6, 6.07) is 7.68. The van der Waals surface area contributed by atoms with Gasteiger partial charge < -0.3 is 14.2 Å². The lowest BCUT2D eigenvalue weighted by Gasteiger charge is -2.13. The van der Waals surface area contributed by atoms with Crippen molar-refractivity contribution in [1.82, 2.24) is 15.0 Å². The van der Waals surface area contributed by atoms with Crippen LogP contribution in [0.2, 0.25) is 0 Å². The number of benzene rings is 1. The van der Waals surface area contributed by atoms with E-state index >= 15 is 0 Å². The minimum atomic E-state index is 0.113. The van der Waals surface area contributed by atoms with Gasteiger partial charge >= 0.3 is 0 Å². The van der Waals surface area contributed by atoms with Crippen molar-refractivity contribution in [1.29, 1.82) is 0 Å². The molecule has 2 aromatic rings. The summed E-state index contributed by atoms with van der Waals surface area (Å²) in [4.78, 5) is 18.2. The van der Waals surface area contributed by atoms with Crippen molar-refractivity contribution in [2.45, 2.75) is 45.6 Å². The molecule has 0 saturated carbocycles. The van der Waals surface area contributed by atoms with Gasteiger partial charge in [0.15, 0.2) is 0 Å². The lowest BCUT2D eigenvalue weighted by Crippen LogP contribution is -2.27. The molecule has 6 nitrogen and oxygen atoms in total. The Labute approximate surface area is 141 Å². The zero-order valence-corrected chi connectivity index (χ0v) is 14.4. The summed E-state index contributed by atoms with van der Waals surface area (Å²) in [6.07, 6.45) is 1.51. The number of nitrogens with zero attached hydrogens (tertiary/aromatic N) is 3. The number of carbonyl (C=O) groups is 1. The van der Waals surface area contributed by atoms with Crippen molar-refractivity contribution in [3.63, 3.8) is 0 Å². The molecular weight excluding hydrogens is 306 g/mol. The summed E-state index contributed by atoms with van der Waals surface area (Å²) in [5.41, 5.74) is 0.864. The number of amides is 1. The van der Waals surface area contributed by atoms with E-state index in [0.29, 0.717) is 24.7 Å². The van der Waals surface area contributed by atoms with Crippen molar-refractivity contribution >= 4 is 5.91 Å². The van der Waals surface area contributed by atoms with Crippen LogP contribution < -0.4 is 4.74 Å². The predicted octanol–water partition coefficient (Wildman–Crippen LogP) is 3.25. The third-order valence-corrected chi connectivity index (χ3v) is 4.10. The van der Waals surface area contributed by atoms with Gasteiger partial charge in [0.1, 0.15) is 5.75 Å². The Morgan fingerprint density at radius 1 is 1.46 bits per heavy atom. The molecule has 1 aromatic carbocycles. The van der Waals surface area contributed by atoms with Crippen LogP contribution in [-0.2, 0) is 4.79 Å². The number of aromatic nitrogens is 2. The van der Waals surface area contributed by atoms with Gasteiger partial charge in [0.25, 0.3) is 0 Å². The van der Waals surface area contributed by atoms with Crippen LogP contribution >= 0.6 is 0 Å². The molecule has 1 saturated heterocycles. The average molecular weight is 329 g/mol. The molecule has 0 radical (unpaired) electrons. The van der Waals surface area contributed by atoms with E-state index in [9.17, 15) is 4.79 Å². The maximum absolute atomic E-state index is 11.8. The topological polar surface area (TPSA) is 68.5 Å². The Balaban J connectivity index is 1.73. The van der Waals surface area contributed by atoms with E-state index in [0.717, 1.165) is 24.3 Å². The van der Waals surface area contributed by atoms with Gasteiger partial charge in [0.05, 0.1) is 12.0 Å². The minimum Gasteiger partial charge on any atom is -0.491 e. The SMILES string of the molecule is CCC(=O)N1CCC(c2nc(-c3cccc(OC(C)C)c3)no2)C1. The van der Waals surface area contributed by atoms with Crippen LogP contribution in [0.3, 0.4) is 0 Å². The highest BCUT2D eigenvalue weighted by atomic mass is 16.5. The number of rotatable bonds is 5. The molecule has 0 bridgehead atoms. The normalized spacial score (nSPS) is 17.5. The molecular formula is C18H23N3O3. The highest BCUT2D eigenvalue weighted by Crippen LogP contribution is 2.29. The van der Waals surface area contributed by atoms with Crippen LogP contribution in [0.25, 0.3) is 11.4 Å². The maximum Gasteiger partial charge on any atom is 0.231 e. The van der Waals surface area contributed by atoms with Crippen LogP contribution in [0.15, 0.2) is 28.8 Å². The molecule has 128 valence electrons. The van der Waals surface area contributed by atoms with E-state index in [-0.39, 0.29) is 17.9 Å². The molecule has 6 heteroatoms. The summed E-state index contributed by atoms with van der Waals surface area (Å²) in [7, 11) is 0. The first-order valence-electron chi connectivity index (χ1n) is 8.45. The Bertz CT molecular complexity index is 711. The Hall–Kier alpha value is -2.37. The molecule has 1 aromatic heterocycles. The summed E-state index contributed by atoms with van der Waals surface area (Å²) in [5.74, 6) is 2.24. The van der Waals surface area contributed by atoms with Gasteiger partial charge in [-0.3, -0.25) is 4.79 Å². The maximum atomic E-state index is 11.8. The molecule has 3 rings (SSSR count). The first-order valence-corrected chi connectivity index (χ1v) is 8.45. The predicted molar refractivity (Wildman–Crippen MR) is 89.7 cm³/mol. The third kappa shape index (κ3) is 3.58. The van der Waals surface area contributed by atoms with Crippen LogP contribution in [0.5, 0.6) is 5.75 Å². The van der Waals surface area contributed by atoms with Gasteiger partial charge in [-0.1, -0.05) is 24.2 Å². The summed E-state index contributed by atoms with van der Waals surface area (Å²) in [5, 5.41) is 4.10. The molecule has 24 heavy (non-hydrogen) atoms. The molecule has 1 fully saturated rings. The monoisotopic (exact) mass is 329 g/mol. The van der Waals surface area contributed by atoms with Crippen LogP contribution in [0.4, 0.5) is 0 Å². The first kappa shape index (κ1) is 16.5. The summed E-state index contributed by atoms with van der Waals surface area (Å²) in [6.45, 7) is 7.27. The van der Waals surface area contributed by atoms with Gasteiger partial charge in [-0.2, -0.15) is 4.98 Å². The second kappa shape index (κ2) is 7.03. The fourth-order valence-electron chi connectivity index (χ4n) is 2.91. The van der Waals surface area contributed by atoms with E-state index in [4.69, 9.17) is 9.26 Å². The zero-order valence-electron chi connectivity index (χ0n) is 14.4. The number of hydrogen-bond donors (Lipinski definition) is 0. The van der Waals surface area contributed by atoms with E-state index in [1.165, 1.54) is 0 Å². The second-order valence-electron chi connectivity index (χ2n) is 6.33. The second-order valence-corrected chi connectivity index (χ2v) is 6.33. The quantitative estimate of drug-likeness (QED) is 0.842. The zero-order chi connectivity index (χ0) is 17.1. The standard InChI is InChI=1S/C18H23N3O3/c1-4-16(22)21-9-8-14(11-21)18-19-17(20-24-18)13-6-5-7-15(10-13)23-12(2)3/h5-7,10,12,14H,4,8-9,11H2,1-3H3. The van der Waals surface area contributed by atoms with Crippen molar-refractivity contribution in [2.24, 2.45) is 0 Å². The number of likely N-dealkylation sites (tertiary alicyclic amines) is 1. The lowest BCUT2D eigenvalue weighted by atomic mass is 10.1. The molecule has 1 unspecified atom stereocenters. The van der Waals surface area contributed by atoms with Crippen LogP contribution in [0.1, 0.15) is 45.4 Å². The van der Waals surface area contributed by atoms with Gasteiger partial charge in [0, 0.05) is 25.1 Å². The number of ether oxygens (including phenoxy) is 1. The van der Waals surface area contributed by atoms with E-state index in [1.807, 2.05) is 49.9 Å². The molecule has 1 atom stereocenters. The van der Waals surface area contributed by atoms with Gasteiger partial charge in [-0.25, -0.2) is 0 Å². The van der Waals surface area contributed by atoms with Gasteiger partial charge in [0.2, 0.25) is 17.6 Å². The molecule has 1 aliphatic rings. The molecule has 1 amide bonds. The third-order valence-electron chi connectivity index (χ3n) is 4.10. The smallest absolute Gasteiger partial charge is 0.231 e. The van der Waals surface area contributed by atoms with Crippen molar-refractivity contribution < 1.29 is 14.1 Å². The van der Waals surface area contributed by atoms with Crippen LogP contribution in [0, 0.1) is 0 Å². The van der Waals surface area contributed by atoms with E-state index < -0.39 is 0 Å². The number of hydrogen-bond acceptors (Lipinski definition) is 5. The van der Waals surface area contributed by atoms with Crippen molar-refractivity contribution in [3.05, 3.63) is 30.2 Å². The average Bonchev–Trinajstić information content (AvgIpc) is 3.23. The van der Waals surface area contributed by atoms with Gasteiger partial charge in [-0.15, -0.1) is 0 Å². The van der Waals surface area contributed by atoms with Crippen molar-refractivity contribution in [3.8, 4) is 17.1 Å². The minimum absolute atomic E-state index is 0.113. The fraction of sp³-hybridized carbons (Fsp3) is 0.500. The molecule has 2 heterocycles. The van der Waals surface area contributed by atoms with Crippen LogP contribution in [-0.4, -0.2) is 40.1 Å². The first-order chi connectivity index (χ1) is 11.6. The van der Waals surface area contributed by atoms with E-state index in [2.05, 4.69) is 10.1 Å². The Morgan fingerprint density at radius 2 is 2.29 bits per heavy atom. The lowest BCUT2D eigenvalue weighted by molar-refractivity contribution is -0.129. The summed E-state index contributed by atoms with van der Waals surface area (Å²) >= 11 is 0. The number of carbonyl (C=O) groups excluding carboxylic acids is 1. The largest absolute Gasteiger partial charge is 0.491 e. The summed E-state index contributed by atoms with van der Waals surface area (Å²) < 4.78 is 11.2. The van der Waals surface area contributed by atoms with Crippen molar-refractivity contribution in [2.75, 3.05) is 13.1 Å². The van der Waals surface area contributed by atoms with E-state index in [1.54, 1.807) is 0 Å². The van der Waals surface area contributed by atoms with Gasteiger partial charge in [-0.05, 0) is 32.4 Å². The highest BCUT2D eigenvalue weighted by molar-refractivity contribution is 5.76. The highest BCUT2D eigenvalue weighted by Gasteiger charge is 2.30. The molecule has 0 N–H and O–H groups in total.